The number of carboxylic acids is 2. The summed E-state index contributed by atoms with van der Waals surface area (Å²) in [6.45, 7) is 2.67. The standard InChI is InChI=1S/C28H30FN3O3.C4H4O4/c1-35-26-7-3-6-25(19-26)32(28(34)22-4-2-5-24(30)18-22)17-16-31-14-12-21(13-15-31)27(33)20-8-10-23(29)11-9-20;5-3(6)1-2-4(7)8/h2-11,18-19,21H,12-17,30H2,1H3;1-2H,(H,5,6)(H,7,8). The molecule has 0 spiro atoms. The molecule has 3 aromatic carbocycles. The predicted molar refractivity (Wildman–Crippen MR) is 160 cm³/mol. The van der Waals surface area contributed by atoms with Crippen molar-refractivity contribution in [3.63, 3.8) is 0 Å². The highest BCUT2D eigenvalue weighted by atomic mass is 19.1. The van der Waals surface area contributed by atoms with Crippen molar-refractivity contribution in [2.75, 3.05) is 43.9 Å². The summed E-state index contributed by atoms with van der Waals surface area (Å²) in [6, 6.07) is 20.2. The van der Waals surface area contributed by atoms with Crippen LogP contribution in [0.15, 0.2) is 84.9 Å². The van der Waals surface area contributed by atoms with Crippen molar-refractivity contribution in [2.24, 2.45) is 5.92 Å². The molecule has 0 unspecified atom stereocenters. The van der Waals surface area contributed by atoms with Gasteiger partial charge in [-0.2, -0.15) is 0 Å². The van der Waals surface area contributed by atoms with E-state index < -0.39 is 11.9 Å². The molecule has 0 saturated carbocycles. The van der Waals surface area contributed by atoms with Crippen LogP contribution >= 0.6 is 0 Å². The fourth-order valence-corrected chi connectivity index (χ4v) is 4.61. The number of anilines is 2. The first-order valence-electron chi connectivity index (χ1n) is 13.5. The van der Waals surface area contributed by atoms with Crippen molar-refractivity contribution in [1.82, 2.24) is 4.90 Å². The Morgan fingerprint density at radius 1 is 0.930 bits per heavy atom. The zero-order valence-corrected chi connectivity index (χ0v) is 23.7. The van der Waals surface area contributed by atoms with Gasteiger partial charge in [0.2, 0.25) is 0 Å². The normalized spacial score (nSPS) is 13.5. The second kappa shape index (κ2) is 15.8. The SMILES string of the molecule is COc1cccc(N(CCN2CCC(C(=O)c3ccc(F)cc3)CC2)C(=O)c2cccc(N)c2)c1.O=C(O)C=CC(=O)O. The summed E-state index contributed by atoms with van der Waals surface area (Å²) in [7, 11) is 1.60. The molecule has 43 heavy (non-hydrogen) atoms. The van der Waals surface area contributed by atoms with E-state index >= 15 is 0 Å². The number of piperidine rings is 1. The Kier molecular flexibility index (Phi) is 12.0. The van der Waals surface area contributed by atoms with Gasteiger partial charge >= 0.3 is 11.9 Å². The number of likely N-dealkylation sites (tertiary alicyclic amines) is 1. The molecule has 4 rings (SSSR count). The third kappa shape index (κ3) is 10.1. The van der Waals surface area contributed by atoms with Gasteiger partial charge in [0.05, 0.1) is 7.11 Å². The number of nitrogens with zero attached hydrogens (tertiary/aromatic N) is 2. The number of nitrogen functional groups attached to an aromatic ring is 1. The Labute approximate surface area is 248 Å². The average molecular weight is 592 g/mol. The molecular weight excluding hydrogens is 557 g/mol. The molecule has 0 aliphatic carbocycles. The maximum Gasteiger partial charge on any atom is 0.328 e. The molecule has 1 fully saturated rings. The quantitative estimate of drug-likeness (QED) is 0.177. The number of nitrogens with two attached hydrogens (primary N) is 1. The third-order valence-electron chi connectivity index (χ3n) is 6.84. The summed E-state index contributed by atoms with van der Waals surface area (Å²) in [4.78, 5) is 49.3. The lowest BCUT2D eigenvalue weighted by Gasteiger charge is -2.33. The van der Waals surface area contributed by atoms with Crippen LogP contribution in [0.4, 0.5) is 15.8 Å². The number of methoxy groups -OCH3 is 1. The lowest BCUT2D eigenvalue weighted by molar-refractivity contribution is -0.134. The lowest BCUT2D eigenvalue weighted by Crippen LogP contribution is -2.42. The summed E-state index contributed by atoms with van der Waals surface area (Å²) in [5, 5.41) is 15.6. The van der Waals surface area contributed by atoms with Crippen molar-refractivity contribution in [3.05, 3.63) is 102 Å². The van der Waals surface area contributed by atoms with Crippen LogP contribution in [-0.2, 0) is 9.59 Å². The molecule has 1 amide bonds. The number of hydrogen-bond donors (Lipinski definition) is 3. The maximum atomic E-state index is 13.4. The summed E-state index contributed by atoms with van der Waals surface area (Å²) in [5.74, 6) is -2.32. The average Bonchev–Trinajstić information content (AvgIpc) is 3.01. The number of halogens is 1. The van der Waals surface area contributed by atoms with Crippen LogP contribution in [0.25, 0.3) is 0 Å². The van der Waals surface area contributed by atoms with E-state index in [0.29, 0.717) is 47.8 Å². The van der Waals surface area contributed by atoms with Crippen molar-refractivity contribution >= 4 is 35.0 Å². The first kappa shape index (κ1) is 32.5. The van der Waals surface area contributed by atoms with E-state index in [1.165, 1.54) is 12.1 Å². The van der Waals surface area contributed by atoms with Crippen molar-refractivity contribution in [2.45, 2.75) is 12.8 Å². The Balaban J connectivity index is 0.000000557. The molecule has 0 atom stereocenters. The maximum absolute atomic E-state index is 13.4. The van der Waals surface area contributed by atoms with Gasteiger partial charge in [-0.05, 0) is 80.5 Å². The first-order valence-corrected chi connectivity index (χ1v) is 13.5. The van der Waals surface area contributed by atoms with Gasteiger partial charge in [-0.15, -0.1) is 0 Å². The Morgan fingerprint density at radius 3 is 2.14 bits per heavy atom. The molecule has 1 aliphatic heterocycles. The first-order chi connectivity index (χ1) is 20.6. The van der Waals surface area contributed by atoms with Crippen LogP contribution in [0.5, 0.6) is 5.75 Å². The zero-order valence-electron chi connectivity index (χ0n) is 23.7. The molecule has 226 valence electrons. The number of rotatable bonds is 10. The van der Waals surface area contributed by atoms with Crippen molar-refractivity contribution < 1.29 is 38.5 Å². The van der Waals surface area contributed by atoms with Gasteiger partial charge in [0.15, 0.2) is 5.78 Å². The van der Waals surface area contributed by atoms with E-state index in [0.717, 1.165) is 31.6 Å². The molecule has 1 heterocycles. The van der Waals surface area contributed by atoms with Crippen molar-refractivity contribution in [3.8, 4) is 5.75 Å². The fourth-order valence-electron chi connectivity index (χ4n) is 4.61. The number of hydrogen-bond acceptors (Lipinski definition) is 7. The van der Waals surface area contributed by atoms with Gasteiger partial charge in [0.1, 0.15) is 11.6 Å². The Hall–Kier alpha value is -5.03. The molecule has 0 bridgehead atoms. The number of carboxylic acid groups (broad SMARTS) is 2. The zero-order chi connectivity index (χ0) is 31.4. The van der Waals surface area contributed by atoms with Gasteiger partial charge in [-0.3, -0.25) is 9.59 Å². The number of carbonyl (C=O) groups excluding carboxylic acids is 2. The second-order valence-electron chi connectivity index (χ2n) is 9.78. The highest BCUT2D eigenvalue weighted by Gasteiger charge is 2.27. The van der Waals surface area contributed by atoms with Crippen LogP contribution in [0.1, 0.15) is 33.6 Å². The number of aliphatic carboxylic acids is 2. The van der Waals surface area contributed by atoms with Gasteiger partial charge in [0, 0.05) is 59.7 Å². The van der Waals surface area contributed by atoms with Crippen molar-refractivity contribution in [1.29, 1.82) is 0 Å². The lowest BCUT2D eigenvalue weighted by atomic mass is 9.89. The van der Waals surface area contributed by atoms with Crippen LogP contribution in [-0.4, -0.2) is 72.0 Å². The molecule has 0 radical (unpaired) electrons. The molecule has 3 aromatic rings. The topological polar surface area (TPSA) is 150 Å². The van der Waals surface area contributed by atoms with E-state index in [1.54, 1.807) is 48.4 Å². The smallest absolute Gasteiger partial charge is 0.328 e. The number of ether oxygens (including phenoxy) is 1. The van der Waals surface area contributed by atoms with E-state index in [2.05, 4.69) is 4.90 Å². The Morgan fingerprint density at radius 2 is 1.56 bits per heavy atom. The third-order valence-corrected chi connectivity index (χ3v) is 6.84. The minimum absolute atomic E-state index is 0.0690. The predicted octanol–water partition coefficient (Wildman–Crippen LogP) is 4.37. The molecule has 11 heteroatoms. The van der Waals surface area contributed by atoms with Crippen LogP contribution in [0.3, 0.4) is 0 Å². The molecule has 4 N–H and O–H groups in total. The van der Waals surface area contributed by atoms with Crippen LogP contribution in [0.2, 0.25) is 0 Å². The Bertz CT molecular complexity index is 1440. The monoisotopic (exact) mass is 591 g/mol. The number of carbonyl (C=O) groups is 4. The van der Waals surface area contributed by atoms with Crippen LogP contribution < -0.4 is 15.4 Å². The van der Waals surface area contributed by atoms with Gasteiger partial charge in [0.25, 0.3) is 5.91 Å². The highest BCUT2D eigenvalue weighted by Crippen LogP contribution is 2.25. The number of amides is 1. The van der Waals surface area contributed by atoms with Gasteiger partial charge in [-0.25, -0.2) is 14.0 Å². The molecule has 10 nitrogen and oxygen atoms in total. The molecule has 0 aromatic heterocycles. The number of ketones is 1. The van der Waals surface area contributed by atoms with Crippen LogP contribution in [0, 0.1) is 11.7 Å². The van der Waals surface area contributed by atoms with Gasteiger partial charge < -0.3 is 30.5 Å². The minimum Gasteiger partial charge on any atom is -0.497 e. The summed E-state index contributed by atoms with van der Waals surface area (Å²) in [6.07, 6.45) is 2.59. The van der Waals surface area contributed by atoms with E-state index in [4.69, 9.17) is 20.7 Å². The van der Waals surface area contributed by atoms with E-state index in [9.17, 15) is 23.6 Å². The van der Waals surface area contributed by atoms with E-state index in [1.807, 2.05) is 24.3 Å². The molecule has 1 aliphatic rings. The minimum atomic E-state index is -1.26. The number of Topliss-reactive ketones (excluding diaryl/α,β-unsaturated/α-hetero) is 1. The summed E-state index contributed by atoms with van der Waals surface area (Å²) < 4.78 is 18.5. The second-order valence-corrected chi connectivity index (χ2v) is 9.78. The van der Waals surface area contributed by atoms with Gasteiger partial charge in [-0.1, -0.05) is 12.1 Å². The number of benzene rings is 3. The summed E-state index contributed by atoms with van der Waals surface area (Å²) >= 11 is 0. The molecular formula is C32H34FN3O7. The largest absolute Gasteiger partial charge is 0.497 e. The molecule has 1 saturated heterocycles. The fraction of sp³-hybridized carbons (Fsp3) is 0.250. The highest BCUT2D eigenvalue weighted by molar-refractivity contribution is 6.06. The summed E-state index contributed by atoms with van der Waals surface area (Å²) in [5.41, 5.74) is 8.28. The van der Waals surface area contributed by atoms with E-state index in [-0.39, 0.29) is 23.4 Å².